The second kappa shape index (κ2) is 6.60. The zero-order chi connectivity index (χ0) is 15.4. The van der Waals surface area contributed by atoms with Crippen LogP contribution in [-0.4, -0.2) is 16.0 Å². The molecular formula is C18H20N2O2. The van der Waals surface area contributed by atoms with E-state index in [4.69, 9.17) is 0 Å². The third-order valence-electron chi connectivity index (χ3n) is 4.37. The van der Waals surface area contributed by atoms with Crippen LogP contribution in [0.5, 0.6) is 5.75 Å². The highest BCUT2D eigenvalue weighted by Gasteiger charge is 2.27. The lowest BCUT2D eigenvalue weighted by Gasteiger charge is -2.28. The van der Waals surface area contributed by atoms with Gasteiger partial charge in [0.05, 0.1) is 6.20 Å². The number of pyridine rings is 1. The van der Waals surface area contributed by atoms with Crippen molar-refractivity contribution in [3.63, 3.8) is 0 Å². The highest BCUT2D eigenvalue weighted by molar-refractivity contribution is 5.91. The Morgan fingerprint density at radius 2 is 1.77 bits per heavy atom. The molecule has 2 N–H and O–H groups in total. The smallest absolute Gasteiger partial charge is 0.228 e. The molecule has 1 heterocycles. The summed E-state index contributed by atoms with van der Waals surface area (Å²) < 4.78 is 0. The molecule has 0 spiro atoms. The summed E-state index contributed by atoms with van der Waals surface area (Å²) in [6.45, 7) is 0. The van der Waals surface area contributed by atoms with Gasteiger partial charge in [0, 0.05) is 5.92 Å². The molecule has 0 bridgehead atoms. The van der Waals surface area contributed by atoms with Gasteiger partial charge in [-0.2, -0.15) is 0 Å². The van der Waals surface area contributed by atoms with Crippen LogP contribution in [0.4, 0.5) is 5.82 Å². The van der Waals surface area contributed by atoms with E-state index in [1.807, 2.05) is 6.07 Å². The van der Waals surface area contributed by atoms with E-state index in [1.54, 1.807) is 6.07 Å². The van der Waals surface area contributed by atoms with Crippen LogP contribution in [0.25, 0.3) is 0 Å². The molecule has 22 heavy (non-hydrogen) atoms. The van der Waals surface area contributed by atoms with E-state index >= 15 is 0 Å². The first kappa shape index (κ1) is 14.6. The Morgan fingerprint density at radius 3 is 2.41 bits per heavy atom. The lowest BCUT2D eigenvalue weighted by atomic mass is 9.78. The SMILES string of the molecule is O=C(Nc1ccc(O)cn1)[C@H]1CC[C@H](c2ccccc2)CC1. The van der Waals surface area contributed by atoms with Gasteiger partial charge in [0.1, 0.15) is 11.6 Å². The molecule has 4 heteroatoms. The number of carbonyl (C=O) groups excluding carboxylic acids is 1. The van der Waals surface area contributed by atoms with Gasteiger partial charge in [-0.25, -0.2) is 4.98 Å². The summed E-state index contributed by atoms with van der Waals surface area (Å²) in [6.07, 6.45) is 5.24. The number of hydrogen-bond donors (Lipinski definition) is 2. The molecule has 1 fully saturated rings. The maximum absolute atomic E-state index is 12.3. The summed E-state index contributed by atoms with van der Waals surface area (Å²) in [7, 11) is 0. The van der Waals surface area contributed by atoms with E-state index in [1.165, 1.54) is 17.8 Å². The second-order valence-electron chi connectivity index (χ2n) is 5.85. The zero-order valence-electron chi connectivity index (χ0n) is 12.4. The first-order chi connectivity index (χ1) is 10.7. The van der Waals surface area contributed by atoms with Crippen molar-refractivity contribution in [1.29, 1.82) is 0 Å². The van der Waals surface area contributed by atoms with Crippen molar-refractivity contribution < 1.29 is 9.90 Å². The predicted molar refractivity (Wildman–Crippen MR) is 85.7 cm³/mol. The number of nitrogens with one attached hydrogen (secondary N) is 1. The van der Waals surface area contributed by atoms with E-state index < -0.39 is 0 Å². The molecule has 114 valence electrons. The van der Waals surface area contributed by atoms with Gasteiger partial charge in [-0.05, 0) is 49.3 Å². The van der Waals surface area contributed by atoms with Crippen LogP contribution in [0.3, 0.4) is 0 Å². The van der Waals surface area contributed by atoms with Crippen molar-refractivity contribution >= 4 is 11.7 Å². The summed E-state index contributed by atoms with van der Waals surface area (Å²) in [5.74, 6) is 1.24. The molecule has 0 aliphatic heterocycles. The normalized spacial score (nSPS) is 21.3. The van der Waals surface area contributed by atoms with E-state index in [-0.39, 0.29) is 17.6 Å². The minimum Gasteiger partial charge on any atom is -0.506 e. The summed E-state index contributed by atoms with van der Waals surface area (Å²) in [6, 6.07) is 13.7. The summed E-state index contributed by atoms with van der Waals surface area (Å²) >= 11 is 0. The second-order valence-corrected chi connectivity index (χ2v) is 5.85. The fraction of sp³-hybridized carbons (Fsp3) is 0.333. The third kappa shape index (κ3) is 3.45. The molecule has 0 unspecified atom stereocenters. The fourth-order valence-electron chi connectivity index (χ4n) is 3.10. The molecule has 1 saturated carbocycles. The average Bonchev–Trinajstić information content (AvgIpc) is 2.58. The molecule has 2 aromatic rings. The maximum Gasteiger partial charge on any atom is 0.228 e. The van der Waals surface area contributed by atoms with Crippen LogP contribution in [0.15, 0.2) is 48.7 Å². The fourth-order valence-corrected chi connectivity index (χ4v) is 3.10. The van der Waals surface area contributed by atoms with Crippen LogP contribution in [0.2, 0.25) is 0 Å². The van der Waals surface area contributed by atoms with E-state index in [0.717, 1.165) is 25.7 Å². The molecular weight excluding hydrogens is 276 g/mol. The topological polar surface area (TPSA) is 62.2 Å². The minimum absolute atomic E-state index is 0.0321. The molecule has 1 aliphatic rings. The molecule has 1 aliphatic carbocycles. The first-order valence-corrected chi connectivity index (χ1v) is 7.73. The number of nitrogens with zero attached hydrogens (tertiary/aromatic N) is 1. The van der Waals surface area contributed by atoms with Crippen LogP contribution in [0, 0.1) is 5.92 Å². The van der Waals surface area contributed by atoms with Gasteiger partial charge in [-0.15, -0.1) is 0 Å². The van der Waals surface area contributed by atoms with E-state index in [2.05, 4.69) is 34.6 Å². The molecule has 1 amide bonds. The Balaban J connectivity index is 1.54. The summed E-state index contributed by atoms with van der Waals surface area (Å²) in [5.41, 5.74) is 1.38. The molecule has 0 atom stereocenters. The van der Waals surface area contributed by atoms with Gasteiger partial charge >= 0.3 is 0 Å². The largest absolute Gasteiger partial charge is 0.506 e. The summed E-state index contributed by atoms with van der Waals surface area (Å²) in [5, 5.41) is 12.0. The predicted octanol–water partition coefficient (Wildman–Crippen LogP) is 3.70. The van der Waals surface area contributed by atoms with Crippen molar-refractivity contribution in [1.82, 2.24) is 4.98 Å². The van der Waals surface area contributed by atoms with Crippen LogP contribution in [0.1, 0.15) is 37.2 Å². The van der Waals surface area contributed by atoms with Gasteiger partial charge in [-0.3, -0.25) is 4.79 Å². The molecule has 1 aromatic carbocycles. The van der Waals surface area contributed by atoms with Gasteiger partial charge in [0.2, 0.25) is 5.91 Å². The number of aromatic nitrogens is 1. The number of aromatic hydroxyl groups is 1. The molecule has 3 rings (SSSR count). The van der Waals surface area contributed by atoms with Crippen molar-refractivity contribution in [3.8, 4) is 5.75 Å². The van der Waals surface area contributed by atoms with Crippen molar-refractivity contribution in [2.75, 3.05) is 5.32 Å². The Morgan fingerprint density at radius 1 is 1.05 bits per heavy atom. The number of benzene rings is 1. The average molecular weight is 296 g/mol. The number of carbonyl (C=O) groups is 1. The lowest BCUT2D eigenvalue weighted by molar-refractivity contribution is -0.120. The number of hydrogen-bond acceptors (Lipinski definition) is 3. The van der Waals surface area contributed by atoms with Gasteiger partial charge in [-0.1, -0.05) is 30.3 Å². The minimum atomic E-state index is 0.0321. The highest BCUT2D eigenvalue weighted by atomic mass is 16.3. The molecule has 1 aromatic heterocycles. The third-order valence-corrected chi connectivity index (χ3v) is 4.37. The van der Waals surface area contributed by atoms with Gasteiger partial charge in [0.15, 0.2) is 0 Å². The number of anilines is 1. The quantitative estimate of drug-likeness (QED) is 0.907. The zero-order valence-corrected chi connectivity index (χ0v) is 12.4. The molecule has 0 radical (unpaired) electrons. The Bertz CT molecular complexity index is 617. The van der Waals surface area contributed by atoms with Crippen LogP contribution in [-0.2, 0) is 4.79 Å². The standard InChI is InChI=1S/C18H20N2O2/c21-16-10-11-17(19-12-16)20-18(22)15-8-6-14(7-9-15)13-4-2-1-3-5-13/h1-5,10-12,14-15,21H,6-9H2,(H,19,20,22)/t14-,15-. The highest BCUT2D eigenvalue weighted by Crippen LogP contribution is 2.36. The lowest BCUT2D eigenvalue weighted by Crippen LogP contribution is -2.27. The maximum atomic E-state index is 12.3. The van der Waals surface area contributed by atoms with E-state index in [0.29, 0.717) is 11.7 Å². The molecule has 4 nitrogen and oxygen atoms in total. The van der Waals surface area contributed by atoms with Crippen molar-refractivity contribution in [3.05, 3.63) is 54.2 Å². The van der Waals surface area contributed by atoms with Crippen LogP contribution < -0.4 is 5.32 Å². The van der Waals surface area contributed by atoms with E-state index in [9.17, 15) is 9.90 Å². The first-order valence-electron chi connectivity index (χ1n) is 7.73. The van der Waals surface area contributed by atoms with Gasteiger partial charge < -0.3 is 10.4 Å². The number of amides is 1. The molecule has 0 saturated heterocycles. The Labute approximate surface area is 130 Å². The summed E-state index contributed by atoms with van der Waals surface area (Å²) in [4.78, 5) is 16.3. The van der Waals surface area contributed by atoms with Gasteiger partial charge in [0.25, 0.3) is 0 Å². The van der Waals surface area contributed by atoms with Crippen molar-refractivity contribution in [2.24, 2.45) is 5.92 Å². The van der Waals surface area contributed by atoms with Crippen molar-refractivity contribution in [2.45, 2.75) is 31.6 Å². The Hall–Kier alpha value is -2.36. The van der Waals surface area contributed by atoms with Crippen LogP contribution >= 0.6 is 0 Å². The Kier molecular flexibility index (Phi) is 4.37. The monoisotopic (exact) mass is 296 g/mol. The number of rotatable bonds is 3.